The van der Waals surface area contributed by atoms with Gasteiger partial charge in [0.1, 0.15) is 0 Å². The molecule has 0 atom stereocenters. The van der Waals surface area contributed by atoms with Gasteiger partial charge in [-0.3, -0.25) is 14.5 Å². The number of likely N-dealkylation sites (tertiary alicyclic amines) is 1. The molecule has 2 fully saturated rings. The van der Waals surface area contributed by atoms with Crippen molar-refractivity contribution >= 4 is 17.8 Å². The van der Waals surface area contributed by atoms with Crippen molar-refractivity contribution in [2.75, 3.05) is 19.6 Å². The van der Waals surface area contributed by atoms with Gasteiger partial charge in [-0.15, -0.1) is 0 Å². The molecule has 0 unspecified atom stereocenters. The van der Waals surface area contributed by atoms with Crippen molar-refractivity contribution < 1.29 is 14.4 Å². The van der Waals surface area contributed by atoms with Gasteiger partial charge in [0.15, 0.2) is 0 Å². The number of urea groups is 1. The van der Waals surface area contributed by atoms with Crippen molar-refractivity contribution in [2.24, 2.45) is 0 Å². The van der Waals surface area contributed by atoms with Crippen LogP contribution in [0.15, 0.2) is 48.8 Å². The van der Waals surface area contributed by atoms with Crippen LogP contribution >= 0.6 is 0 Å². The number of piperidine rings is 1. The minimum atomic E-state index is -0.319. The molecule has 1 N–H and O–H groups in total. The van der Waals surface area contributed by atoms with Crippen LogP contribution in [-0.4, -0.2) is 57.9 Å². The van der Waals surface area contributed by atoms with E-state index in [1.54, 1.807) is 4.90 Å². The third-order valence-electron chi connectivity index (χ3n) is 5.01. The van der Waals surface area contributed by atoms with Gasteiger partial charge in [-0.2, -0.15) is 0 Å². The van der Waals surface area contributed by atoms with Crippen LogP contribution in [0, 0.1) is 0 Å². The first-order valence-corrected chi connectivity index (χ1v) is 8.76. The maximum absolute atomic E-state index is 12.7. The number of amides is 4. The van der Waals surface area contributed by atoms with E-state index in [4.69, 9.17) is 0 Å². The third kappa shape index (κ3) is 2.96. The Bertz CT molecular complexity index is 805. The largest absolute Gasteiger partial charge is 0.338 e. The minimum Gasteiger partial charge on any atom is -0.338 e. The molecule has 2 saturated heterocycles. The average molecular weight is 352 g/mol. The Morgan fingerprint density at radius 3 is 2.23 bits per heavy atom. The summed E-state index contributed by atoms with van der Waals surface area (Å²) in [7, 11) is 0. The molecule has 4 amide bonds. The van der Waals surface area contributed by atoms with Crippen LogP contribution in [0.1, 0.15) is 23.2 Å². The van der Waals surface area contributed by atoms with Crippen molar-refractivity contribution in [3.05, 3.63) is 54.4 Å². The van der Waals surface area contributed by atoms with Crippen molar-refractivity contribution in [1.29, 1.82) is 0 Å². The van der Waals surface area contributed by atoms with Gasteiger partial charge in [-0.05, 0) is 49.2 Å². The molecule has 2 aromatic rings. The van der Waals surface area contributed by atoms with Crippen LogP contribution in [0.25, 0.3) is 5.69 Å². The van der Waals surface area contributed by atoms with Crippen LogP contribution in [0.3, 0.4) is 0 Å². The van der Waals surface area contributed by atoms with Gasteiger partial charge in [-0.1, -0.05) is 0 Å². The Kier molecular flexibility index (Phi) is 4.20. The Hall–Kier alpha value is -3.09. The number of imide groups is 1. The normalized spacial score (nSPS) is 18.3. The predicted molar refractivity (Wildman–Crippen MR) is 94.9 cm³/mol. The lowest BCUT2D eigenvalue weighted by molar-refractivity contribution is -0.127. The van der Waals surface area contributed by atoms with E-state index in [1.165, 1.54) is 4.90 Å². The molecule has 26 heavy (non-hydrogen) atoms. The van der Waals surface area contributed by atoms with Crippen molar-refractivity contribution in [1.82, 2.24) is 19.7 Å². The number of carbonyl (C=O) groups excluding carboxylic acids is 3. The van der Waals surface area contributed by atoms with E-state index in [-0.39, 0.29) is 30.4 Å². The summed E-state index contributed by atoms with van der Waals surface area (Å²) in [4.78, 5) is 39.4. The maximum atomic E-state index is 12.7. The van der Waals surface area contributed by atoms with Crippen LogP contribution in [0.4, 0.5) is 4.79 Å². The molecule has 7 heteroatoms. The summed E-state index contributed by atoms with van der Waals surface area (Å²) in [5.74, 6) is -0.194. The number of hydrogen-bond acceptors (Lipinski definition) is 3. The summed E-state index contributed by atoms with van der Waals surface area (Å²) in [5.41, 5.74) is 1.65. The van der Waals surface area contributed by atoms with E-state index in [9.17, 15) is 14.4 Å². The number of hydrogen-bond donors (Lipinski definition) is 1. The molecule has 0 radical (unpaired) electrons. The molecule has 1 aromatic carbocycles. The zero-order chi connectivity index (χ0) is 18.1. The molecular formula is C19H20N4O3. The molecule has 7 nitrogen and oxygen atoms in total. The molecule has 0 aliphatic carbocycles. The molecule has 0 saturated carbocycles. The highest BCUT2D eigenvalue weighted by Gasteiger charge is 2.37. The number of aromatic nitrogens is 1. The highest BCUT2D eigenvalue weighted by Crippen LogP contribution is 2.21. The molecule has 1 aromatic heterocycles. The average Bonchev–Trinajstić information content (AvgIpc) is 3.32. The molecule has 0 bridgehead atoms. The standard InChI is InChI=1S/C19H20N4O3/c24-17-13-20-19(26)23(17)16-7-11-22(12-8-16)18(25)14-3-5-15(6-4-14)21-9-1-2-10-21/h1-6,9-10,16H,7-8,11-13H2,(H,20,26). The first-order chi connectivity index (χ1) is 12.6. The fourth-order valence-corrected chi connectivity index (χ4v) is 3.60. The Morgan fingerprint density at radius 2 is 1.65 bits per heavy atom. The highest BCUT2D eigenvalue weighted by atomic mass is 16.2. The van der Waals surface area contributed by atoms with Crippen LogP contribution in [0.2, 0.25) is 0 Å². The van der Waals surface area contributed by atoms with Crippen LogP contribution in [0.5, 0.6) is 0 Å². The Morgan fingerprint density at radius 1 is 1.00 bits per heavy atom. The smallest absolute Gasteiger partial charge is 0.324 e. The second-order valence-electron chi connectivity index (χ2n) is 6.58. The highest BCUT2D eigenvalue weighted by molar-refractivity contribution is 6.02. The van der Waals surface area contributed by atoms with E-state index in [1.807, 2.05) is 53.4 Å². The number of benzene rings is 1. The summed E-state index contributed by atoms with van der Waals surface area (Å²) in [6, 6.07) is 11.0. The Labute approximate surface area is 151 Å². The summed E-state index contributed by atoms with van der Waals surface area (Å²) in [6.07, 6.45) is 5.15. The maximum Gasteiger partial charge on any atom is 0.324 e. The summed E-state index contributed by atoms with van der Waals surface area (Å²) in [5, 5.41) is 2.55. The molecule has 2 aliphatic rings. The second-order valence-corrected chi connectivity index (χ2v) is 6.58. The molecule has 134 valence electrons. The quantitative estimate of drug-likeness (QED) is 0.854. The van der Waals surface area contributed by atoms with E-state index in [2.05, 4.69) is 5.32 Å². The number of nitrogens with zero attached hydrogens (tertiary/aromatic N) is 3. The van der Waals surface area contributed by atoms with Crippen molar-refractivity contribution in [3.8, 4) is 5.69 Å². The van der Waals surface area contributed by atoms with Crippen LogP contribution in [-0.2, 0) is 4.79 Å². The van der Waals surface area contributed by atoms with Gasteiger partial charge < -0.3 is 14.8 Å². The minimum absolute atomic E-state index is 0.0142. The monoisotopic (exact) mass is 352 g/mol. The lowest BCUT2D eigenvalue weighted by Gasteiger charge is -2.35. The zero-order valence-electron chi connectivity index (χ0n) is 14.3. The molecule has 0 spiro atoms. The predicted octanol–water partition coefficient (Wildman–Crippen LogP) is 1.63. The second kappa shape index (κ2) is 6.67. The SMILES string of the molecule is O=C(c1ccc(-n2cccc2)cc1)N1CCC(N2C(=O)CNC2=O)CC1. The first-order valence-electron chi connectivity index (χ1n) is 8.76. The van der Waals surface area contributed by atoms with Gasteiger partial charge in [0.25, 0.3) is 5.91 Å². The lowest BCUT2D eigenvalue weighted by atomic mass is 10.0. The van der Waals surface area contributed by atoms with Crippen LogP contribution < -0.4 is 5.32 Å². The third-order valence-corrected chi connectivity index (χ3v) is 5.01. The summed E-state index contributed by atoms with van der Waals surface area (Å²) in [6.45, 7) is 1.16. The van der Waals surface area contributed by atoms with E-state index >= 15 is 0 Å². The van der Waals surface area contributed by atoms with Crippen molar-refractivity contribution in [3.63, 3.8) is 0 Å². The Balaban J connectivity index is 1.39. The van der Waals surface area contributed by atoms with Gasteiger partial charge in [-0.25, -0.2) is 4.79 Å². The van der Waals surface area contributed by atoms with Crippen molar-refractivity contribution in [2.45, 2.75) is 18.9 Å². The van der Waals surface area contributed by atoms with E-state index in [0.29, 0.717) is 31.5 Å². The molecular weight excluding hydrogens is 332 g/mol. The number of nitrogens with one attached hydrogen (secondary N) is 1. The van der Waals surface area contributed by atoms with Gasteiger partial charge >= 0.3 is 6.03 Å². The number of rotatable bonds is 3. The van der Waals surface area contributed by atoms with Gasteiger partial charge in [0.05, 0.1) is 6.54 Å². The van der Waals surface area contributed by atoms with E-state index < -0.39 is 0 Å². The molecule has 3 heterocycles. The summed E-state index contributed by atoms with van der Waals surface area (Å²) >= 11 is 0. The number of carbonyl (C=O) groups is 3. The summed E-state index contributed by atoms with van der Waals surface area (Å²) < 4.78 is 1.98. The fraction of sp³-hybridized carbons (Fsp3) is 0.316. The topological polar surface area (TPSA) is 74.7 Å². The van der Waals surface area contributed by atoms with E-state index in [0.717, 1.165) is 5.69 Å². The first kappa shape index (κ1) is 16.4. The lowest BCUT2D eigenvalue weighted by Crippen LogP contribution is -2.49. The van der Waals surface area contributed by atoms with Gasteiger partial charge in [0, 0.05) is 42.8 Å². The zero-order valence-corrected chi connectivity index (χ0v) is 14.3. The van der Waals surface area contributed by atoms with Gasteiger partial charge in [0.2, 0.25) is 5.91 Å². The molecule has 4 rings (SSSR count). The molecule has 2 aliphatic heterocycles. The fourth-order valence-electron chi connectivity index (χ4n) is 3.60.